The zero-order chi connectivity index (χ0) is 29.9. The van der Waals surface area contributed by atoms with Crippen molar-refractivity contribution in [3.63, 3.8) is 0 Å². The van der Waals surface area contributed by atoms with E-state index < -0.39 is 9.84 Å². The molecule has 3 atom stereocenters. The standard InChI is InChI=1S/C34H46N4O3S/c1-24-35-30-8-6-7-9-31(30)38(24)28-22-26-12-13-27(23-28)37(26)21-18-34(25-10-14-29(15-11-25)42(5,40)41)16-19-36(20-17-34)32(39)33(2,3)4/h6-11,14-15,26-28H,12-13,16-23H2,1-5H3/t26-,27?,28?/m1/s1. The van der Waals surface area contributed by atoms with Crippen LogP contribution in [0.25, 0.3) is 11.0 Å². The fourth-order valence-corrected chi connectivity index (χ4v) is 8.77. The Morgan fingerprint density at radius 2 is 1.57 bits per heavy atom. The number of carbonyl (C=O) groups excluding carboxylic acids is 1. The van der Waals surface area contributed by atoms with Gasteiger partial charge in [-0.1, -0.05) is 45.0 Å². The molecule has 8 heteroatoms. The van der Waals surface area contributed by atoms with Crippen molar-refractivity contribution in [2.24, 2.45) is 5.41 Å². The fraction of sp³-hybridized carbons (Fsp3) is 0.588. The number of benzene rings is 2. The highest BCUT2D eigenvalue weighted by molar-refractivity contribution is 7.90. The smallest absolute Gasteiger partial charge is 0.227 e. The van der Waals surface area contributed by atoms with Crippen LogP contribution in [0.5, 0.6) is 0 Å². The van der Waals surface area contributed by atoms with Gasteiger partial charge in [-0.25, -0.2) is 13.4 Å². The summed E-state index contributed by atoms with van der Waals surface area (Å²) in [5, 5.41) is 0. The van der Waals surface area contributed by atoms with Crippen molar-refractivity contribution in [2.45, 2.75) is 101 Å². The van der Waals surface area contributed by atoms with Crippen molar-refractivity contribution < 1.29 is 13.2 Å². The average molecular weight is 591 g/mol. The van der Waals surface area contributed by atoms with E-state index in [1.54, 1.807) is 12.1 Å². The van der Waals surface area contributed by atoms with Crippen LogP contribution in [0.1, 0.15) is 83.1 Å². The number of rotatable bonds is 6. The van der Waals surface area contributed by atoms with Crippen LogP contribution in [0.15, 0.2) is 53.4 Å². The van der Waals surface area contributed by atoms with Crippen LogP contribution in [-0.4, -0.2) is 71.6 Å². The molecule has 0 radical (unpaired) electrons. The first-order valence-electron chi connectivity index (χ1n) is 15.7. The number of hydrogen-bond acceptors (Lipinski definition) is 5. The number of imidazole rings is 1. The number of likely N-dealkylation sites (tertiary alicyclic amines) is 1. The van der Waals surface area contributed by atoms with Gasteiger partial charge in [-0.15, -0.1) is 0 Å². The second-order valence-electron chi connectivity index (χ2n) is 14.1. The number of fused-ring (bicyclic) bond motifs is 3. The molecule has 3 aliphatic heterocycles. The Morgan fingerprint density at radius 1 is 0.952 bits per heavy atom. The molecule has 3 saturated heterocycles. The van der Waals surface area contributed by atoms with Gasteiger partial charge in [0.15, 0.2) is 9.84 Å². The highest BCUT2D eigenvalue weighted by Crippen LogP contribution is 2.45. The first kappa shape index (κ1) is 29.4. The van der Waals surface area contributed by atoms with Gasteiger partial charge < -0.3 is 9.47 Å². The summed E-state index contributed by atoms with van der Waals surface area (Å²) in [5.41, 5.74) is 3.09. The second kappa shape index (κ2) is 10.8. The van der Waals surface area contributed by atoms with Crippen molar-refractivity contribution in [1.82, 2.24) is 19.4 Å². The lowest BCUT2D eigenvalue weighted by molar-refractivity contribution is -0.141. The number of aryl methyl sites for hydroxylation is 1. The van der Waals surface area contributed by atoms with Gasteiger partial charge in [-0.3, -0.25) is 9.69 Å². The Kier molecular flexibility index (Phi) is 7.53. The van der Waals surface area contributed by atoms with Crippen molar-refractivity contribution >= 4 is 26.8 Å². The third-order valence-corrected chi connectivity index (χ3v) is 11.5. The summed E-state index contributed by atoms with van der Waals surface area (Å²) in [5.74, 6) is 1.33. The maximum absolute atomic E-state index is 13.1. The maximum atomic E-state index is 13.1. The molecular weight excluding hydrogens is 544 g/mol. The molecule has 0 spiro atoms. The minimum Gasteiger partial charge on any atom is -0.342 e. The second-order valence-corrected chi connectivity index (χ2v) is 16.2. The lowest BCUT2D eigenvalue weighted by Gasteiger charge is -2.46. The van der Waals surface area contributed by atoms with E-state index in [1.165, 1.54) is 30.2 Å². The molecule has 0 saturated carbocycles. The molecule has 3 aliphatic rings. The maximum Gasteiger partial charge on any atom is 0.227 e. The quantitative estimate of drug-likeness (QED) is 0.357. The lowest BCUT2D eigenvalue weighted by Crippen LogP contribution is -2.50. The SMILES string of the molecule is Cc1nc2ccccc2n1C1CC2CC[C@H](C1)N2CCC1(c2ccc(S(C)(=O)=O)cc2)CCN(C(=O)C(C)(C)C)CC1. The summed E-state index contributed by atoms with van der Waals surface area (Å²) < 4.78 is 26.8. The molecule has 3 aromatic rings. The van der Waals surface area contributed by atoms with E-state index in [-0.39, 0.29) is 16.7 Å². The van der Waals surface area contributed by atoms with Gasteiger partial charge in [0.2, 0.25) is 5.91 Å². The molecule has 1 amide bonds. The molecule has 7 nitrogen and oxygen atoms in total. The van der Waals surface area contributed by atoms with E-state index in [0.717, 1.165) is 63.1 Å². The van der Waals surface area contributed by atoms with Crippen LogP contribution in [0.4, 0.5) is 0 Å². The monoisotopic (exact) mass is 590 g/mol. The third kappa shape index (κ3) is 5.41. The van der Waals surface area contributed by atoms with Gasteiger partial charge >= 0.3 is 0 Å². The van der Waals surface area contributed by atoms with E-state index in [2.05, 4.69) is 40.7 Å². The number of carbonyl (C=O) groups is 1. The fourth-order valence-electron chi connectivity index (χ4n) is 8.14. The average Bonchev–Trinajstić information content (AvgIpc) is 3.41. The van der Waals surface area contributed by atoms with Crippen LogP contribution in [-0.2, 0) is 20.0 Å². The number of para-hydroxylation sites is 2. The molecule has 2 aromatic carbocycles. The van der Waals surface area contributed by atoms with Crippen molar-refractivity contribution in [1.29, 1.82) is 0 Å². The summed E-state index contributed by atoms with van der Waals surface area (Å²) in [4.78, 5) is 23.1. The Balaban J connectivity index is 1.21. The number of amides is 1. The van der Waals surface area contributed by atoms with Crippen LogP contribution in [0.3, 0.4) is 0 Å². The van der Waals surface area contributed by atoms with E-state index in [4.69, 9.17) is 4.98 Å². The number of hydrogen-bond donors (Lipinski definition) is 0. The number of piperidine rings is 2. The highest BCUT2D eigenvalue weighted by Gasteiger charge is 2.44. The third-order valence-electron chi connectivity index (χ3n) is 10.4. The summed E-state index contributed by atoms with van der Waals surface area (Å²) in [6.45, 7) is 10.6. The number of sulfone groups is 1. The zero-order valence-electron chi connectivity index (χ0n) is 25.8. The van der Waals surface area contributed by atoms with Gasteiger partial charge in [0.05, 0.1) is 15.9 Å². The predicted molar refractivity (Wildman–Crippen MR) is 167 cm³/mol. The van der Waals surface area contributed by atoms with Crippen LogP contribution in [0.2, 0.25) is 0 Å². The molecule has 0 aliphatic carbocycles. The predicted octanol–water partition coefficient (Wildman–Crippen LogP) is 5.91. The Hall–Kier alpha value is -2.71. The largest absolute Gasteiger partial charge is 0.342 e. The summed E-state index contributed by atoms with van der Waals surface area (Å²) in [6, 6.07) is 17.7. The van der Waals surface area contributed by atoms with Gasteiger partial charge in [-0.05, 0) is 93.7 Å². The van der Waals surface area contributed by atoms with Gasteiger partial charge in [0.25, 0.3) is 0 Å². The topological polar surface area (TPSA) is 75.5 Å². The van der Waals surface area contributed by atoms with Gasteiger partial charge in [0, 0.05) is 42.9 Å². The van der Waals surface area contributed by atoms with E-state index in [9.17, 15) is 13.2 Å². The van der Waals surface area contributed by atoms with E-state index in [0.29, 0.717) is 23.0 Å². The Morgan fingerprint density at radius 3 is 2.17 bits per heavy atom. The van der Waals surface area contributed by atoms with Crippen molar-refractivity contribution in [3.8, 4) is 0 Å². The minimum atomic E-state index is -3.25. The summed E-state index contributed by atoms with van der Waals surface area (Å²) in [7, 11) is -3.25. The molecule has 0 N–H and O–H groups in total. The molecular formula is C34H46N4O3S. The van der Waals surface area contributed by atoms with Crippen molar-refractivity contribution in [2.75, 3.05) is 25.9 Å². The normalized spacial score (nSPS) is 24.8. The van der Waals surface area contributed by atoms with Gasteiger partial charge in [0.1, 0.15) is 5.82 Å². The molecule has 42 heavy (non-hydrogen) atoms. The zero-order valence-corrected chi connectivity index (χ0v) is 26.7. The molecule has 2 unspecified atom stereocenters. The van der Waals surface area contributed by atoms with Gasteiger partial charge in [-0.2, -0.15) is 0 Å². The van der Waals surface area contributed by atoms with Crippen LogP contribution >= 0.6 is 0 Å². The first-order valence-corrected chi connectivity index (χ1v) is 17.5. The summed E-state index contributed by atoms with van der Waals surface area (Å²) in [6.07, 6.45) is 8.89. The molecule has 1 aromatic heterocycles. The Bertz CT molecular complexity index is 1550. The van der Waals surface area contributed by atoms with Crippen LogP contribution in [0, 0.1) is 12.3 Å². The van der Waals surface area contributed by atoms with Crippen LogP contribution < -0.4 is 0 Å². The van der Waals surface area contributed by atoms with E-state index in [1.807, 2.05) is 37.8 Å². The highest BCUT2D eigenvalue weighted by atomic mass is 32.2. The molecule has 3 fully saturated rings. The Labute approximate surface area is 251 Å². The molecule has 2 bridgehead atoms. The minimum absolute atomic E-state index is 0.0713. The van der Waals surface area contributed by atoms with E-state index >= 15 is 0 Å². The number of nitrogens with zero attached hydrogens (tertiary/aromatic N) is 4. The van der Waals surface area contributed by atoms with Crippen molar-refractivity contribution in [3.05, 3.63) is 59.9 Å². The first-order chi connectivity index (χ1) is 19.9. The lowest BCUT2D eigenvalue weighted by atomic mass is 9.70. The number of aromatic nitrogens is 2. The summed E-state index contributed by atoms with van der Waals surface area (Å²) >= 11 is 0. The molecule has 226 valence electrons. The molecule has 4 heterocycles. The molecule has 6 rings (SSSR count).